The average Bonchev–Trinajstić information content (AvgIpc) is 2.63. The molecule has 0 bridgehead atoms. The van der Waals surface area contributed by atoms with E-state index in [0.29, 0.717) is 13.2 Å². The van der Waals surface area contributed by atoms with Gasteiger partial charge in [-0.15, -0.1) is 11.3 Å². The third-order valence-electron chi connectivity index (χ3n) is 1.93. The number of Topliss-reactive ketones (excluding diaryl/α,β-unsaturated/α-hetero) is 1. The first-order valence-corrected chi connectivity index (χ1v) is 6.20. The van der Waals surface area contributed by atoms with E-state index in [9.17, 15) is 4.79 Å². The fraction of sp³-hybridized carbons (Fsp3) is 0.583. The molecule has 0 fully saturated rings. The van der Waals surface area contributed by atoms with Crippen molar-refractivity contribution in [2.24, 2.45) is 0 Å². The number of carbonyl (C=O) groups excluding carboxylic acids is 1. The lowest BCUT2D eigenvalue weighted by atomic mass is 10.3. The van der Waals surface area contributed by atoms with E-state index in [1.54, 1.807) is 0 Å². The molecule has 0 aliphatic rings. The van der Waals surface area contributed by atoms with Crippen molar-refractivity contribution < 1.29 is 14.3 Å². The Morgan fingerprint density at radius 3 is 2.69 bits per heavy atom. The zero-order chi connectivity index (χ0) is 12.0. The van der Waals surface area contributed by atoms with Crippen LogP contribution in [0.2, 0.25) is 0 Å². The van der Waals surface area contributed by atoms with Crippen LogP contribution in [-0.2, 0) is 9.47 Å². The number of hydrogen-bond acceptors (Lipinski definition) is 4. The van der Waals surface area contributed by atoms with Crippen molar-refractivity contribution in [3.63, 3.8) is 0 Å². The second-order valence-electron chi connectivity index (χ2n) is 3.81. The summed E-state index contributed by atoms with van der Waals surface area (Å²) < 4.78 is 10.5. The highest BCUT2D eigenvalue weighted by atomic mass is 32.1. The van der Waals surface area contributed by atoms with E-state index < -0.39 is 0 Å². The van der Waals surface area contributed by atoms with Gasteiger partial charge in [0.2, 0.25) is 0 Å². The Labute approximate surface area is 100 Å². The molecule has 0 N–H and O–H groups in total. The van der Waals surface area contributed by atoms with E-state index in [-0.39, 0.29) is 18.5 Å². The first-order chi connectivity index (χ1) is 7.59. The van der Waals surface area contributed by atoms with Crippen LogP contribution in [-0.4, -0.2) is 31.7 Å². The molecule has 1 aromatic heterocycles. The number of hydrogen-bond donors (Lipinski definition) is 0. The van der Waals surface area contributed by atoms with E-state index in [4.69, 9.17) is 9.47 Å². The molecule has 0 saturated heterocycles. The Morgan fingerprint density at radius 1 is 1.38 bits per heavy atom. The number of thiophene rings is 1. The first kappa shape index (κ1) is 13.4. The normalized spacial score (nSPS) is 11.0. The summed E-state index contributed by atoms with van der Waals surface area (Å²) in [6.45, 7) is 7.07. The standard InChI is InChI=1S/C12H18O3S/c1-9(2)15-7-6-14-8-11(13)12-5-4-10(3)16-12/h4-5,9H,6-8H2,1-3H3. The Balaban J connectivity index is 2.16. The monoisotopic (exact) mass is 242 g/mol. The summed E-state index contributed by atoms with van der Waals surface area (Å²) in [6.07, 6.45) is 0.208. The maximum atomic E-state index is 11.6. The first-order valence-electron chi connectivity index (χ1n) is 5.38. The van der Waals surface area contributed by atoms with Crippen molar-refractivity contribution >= 4 is 17.1 Å². The highest BCUT2D eigenvalue weighted by Crippen LogP contribution is 2.15. The van der Waals surface area contributed by atoms with Gasteiger partial charge >= 0.3 is 0 Å². The number of aryl methyl sites for hydroxylation is 1. The SMILES string of the molecule is Cc1ccc(C(=O)COCCOC(C)C)s1. The topological polar surface area (TPSA) is 35.5 Å². The molecule has 90 valence electrons. The predicted molar refractivity (Wildman–Crippen MR) is 65.3 cm³/mol. The molecule has 16 heavy (non-hydrogen) atoms. The molecule has 0 saturated carbocycles. The molecule has 1 heterocycles. The van der Waals surface area contributed by atoms with Crippen LogP contribution in [0.3, 0.4) is 0 Å². The Hall–Kier alpha value is -0.710. The molecule has 0 amide bonds. The van der Waals surface area contributed by atoms with Gasteiger partial charge in [-0.2, -0.15) is 0 Å². The van der Waals surface area contributed by atoms with Gasteiger partial charge in [-0.3, -0.25) is 4.79 Å². The number of rotatable bonds is 7. The molecular weight excluding hydrogens is 224 g/mol. The summed E-state index contributed by atoms with van der Waals surface area (Å²) >= 11 is 1.50. The molecule has 0 radical (unpaired) electrons. The molecule has 0 aliphatic heterocycles. The highest BCUT2D eigenvalue weighted by Gasteiger charge is 2.07. The lowest BCUT2D eigenvalue weighted by Gasteiger charge is -2.07. The van der Waals surface area contributed by atoms with Crippen LogP contribution in [0.15, 0.2) is 12.1 Å². The predicted octanol–water partition coefficient (Wildman–Crippen LogP) is 2.68. The van der Waals surface area contributed by atoms with E-state index in [1.807, 2.05) is 32.9 Å². The summed E-state index contributed by atoms with van der Waals surface area (Å²) in [5, 5.41) is 0. The fourth-order valence-corrected chi connectivity index (χ4v) is 1.95. The van der Waals surface area contributed by atoms with Crippen LogP contribution < -0.4 is 0 Å². The van der Waals surface area contributed by atoms with Gasteiger partial charge in [0.05, 0.1) is 24.2 Å². The van der Waals surface area contributed by atoms with E-state index in [1.165, 1.54) is 11.3 Å². The summed E-state index contributed by atoms with van der Waals surface area (Å²) in [5.74, 6) is 0.0441. The van der Waals surface area contributed by atoms with Gasteiger partial charge in [0.1, 0.15) is 6.61 Å². The van der Waals surface area contributed by atoms with E-state index in [0.717, 1.165) is 9.75 Å². The van der Waals surface area contributed by atoms with Crippen LogP contribution in [0, 0.1) is 6.92 Å². The van der Waals surface area contributed by atoms with Gasteiger partial charge < -0.3 is 9.47 Å². The van der Waals surface area contributed by atoms with E-state index in [2.05, 4.69) is 0 Å². The van der Waals surface area contributed by atoms with Crippen LogP contribution in [0.4, 0.5) is 0 Å². The molecule has 0 unspecified atom stereocenters. The molecule has 0 aliphatic carbocycles. The van der Waals surface area contributed by atoms with Crippen molar-refractivity contribution in [3.05, 3.63) is 21.9 Å². The fourth-order valence-electron chi connectivity index (χ4n) is 1.16. The Morgan fingerprint density at radius 2 is 2.12 bits per heavy atom. The minimum Gasteiger partial charge on any atom is -0.376 e. The molecule has 4 heteroatoms. The molecule has 0 atom stereocenters. The number of ether oxygens (including phenoxy) is 2. The molecule has 0 spiro atoms. The second-order valence-corrected chi connectivity index (χ2v) is 5.09. The second kappa shape index (κ2) is 6.78. The average molecular weight is 242 g/mol. The molecule has 0 aromatic carbocycles. The maximum absolute atomic E-state index is 11.6. The van der Waals surface area contributed by atoms with Gasteiger partial charge in [-0.1, -0.05) is 0 Å². The largest absolute Gasteiger partial charge is 0.376 e. The highest BCUT2D eigenvalue weighted by molar-refractivity contribution is 7.14. The maximum Gasteiger partial charge on any atom is 0.198 e. The van der Waals surface area contributed by atoms with Crippen LogP contribution >= 0.6 is 11.3 Å². The van der Waals surface area contributed by atoms with Gasteiger partial charge in [0.25, 0.3) is 0 Å². The van der Waals surface area contributed by atoms with Crippen molar-refractivity contribution in [2.75, 3.05) is 19.8 Å². The lowest BCUT2D eigenvalue weighted by molar-refractivity contribution is 0.0209. The summed E-state index contributed by atoms with van der Waals surface area (Å²) in [7, 11) is 0. The van der Waals surface area contributed by atoms with Crippen LogP contribution in [0.5, 0.6) is 0 Å². The van der Waals surface area contributed by atoms with Gasteiger partial charge in [0.15, 0.2) is 5.78 Å². The summed E-state index contributed by atoms with van der Waals surface area (Å²) in [4.78, 5) is 13.5. The summed E-state index contributed by atoms with van der Waals surface area (Å²) in [5.41, 5.74) is 0. The van der Waals surface area contributed by atoms with Crippen molar-refractivity contribution in [1.29, 1.82) is 0 Å². The smallest absolute Gasteiger partial charge is 0.198 e. The molecule has 3 nitrogen and oxygen atoms in total. The third kappa shape index (κ3) is 4.88. The third-order valence-corrected chi connectivity index (χ3v) is 2.97. The zero-order valence-corrected chi connectivity index (χ0v) is 10.8. The number of carbonyl (C=O) groups is 1. The minimum absolute atomic E-state index is 0.0441. The van der Waals surface area contributed by atoms with E-state index >= 15 is 0 Å². The van der Waals surface area contributed by atoms with Crippen molar-refractivity contribution in [2.45, 2.75) is 26.9 Å². The number of ketones is 1. The molecule has 1 rings (SSSR count). The van der Waals surface area contributed by atoms with Gasteiger partial charge in [-0.25, -0.2) is 0 Å². The van der Waals surface area contributed by atoms with Crippen molar-refractivity contribution in [1.82, 2.24) is 0 Å². The summed E-state index contributed by atoms with van der Waals surface area (Å²) in [6, 6.07) is 3.79. The van der Waals surface area contributed by atoms with Crippen molar-refractivity contribution in [3.8, 4) is 0 Å². The lowest BCUT2D eigenvalue weighted by Crippen LogP contribution is -2.13. The van der Waals surface area contributed by atoms with Gasteiger partial charge in [0, 0.05) is 4.88 Å². The van der Waals surface area contributed by atoms with Crippen LogP contribution in [0.25, 0.3) is 0 Å². The minimum atomic E-state index is 0.0441. The Bertz CT molecular complexity index is 331. The molecular formula is C12H18O3S. The molecule has 1 aromatic rings. The van der Waals surface area contributed by atoms with Gasteiger partial charge in [-0.05, 0) is 32.9 Å². The zero-order valence-electron chi connectivity index (χ0n) is 9.99. The quantitative estimate of drug-likeness (QED) is 0.544. The Kier molecular flexibility index (Phi) is 5.66. The van der Waals surface area contributed by atoms with Crippen LogP contribution in [0.1, 0.15) is 28.4 Å².